The lowest BCUT2D eigenvalue weighted by molar-refractivity contribution is 0.0992. The first kappa shape index (κ1) is 15.1. The summed E-state index contributed by atoms with van der Waals surface area (Å²) in [6, 6.07) is 12.9. The van der Waals surface area contributed by atoms with Crippen LogP contribution in [0.25, 0.3) is 0 Å². The highest BCUT2D eigenvalue weighted by Crippen LogP contribution is 2.26. The molecule has 0 aromatic heterocycles. The minimum absolute atomic E-state index is 0.0913. The smallest absolute Gasteiger partial charge is 0.259 e. The first-order valence-electron chi connectivity index (χ1n) is 5.90. The second kappa shape index (κ2) is 6.41. The number of rotatable bonds is 3. The highest BCUT2D eigenvalue weighted by molar-refractivity contribution is 9.11. The predicted octanol–water partition coefficient (Wildman–Crippen LogP) is 4.50. The number of ether oxygens (including phenoxy) is 1. The van der Waals surface area contributed by atoms with Gasteiger partial charge in [0.25, 0.3) is 5.91 Å². The van der Waals surface area contributed by atoms with Gasteiger partial charge < -0.3 is 9.64 Å². The number of hydrogen-bond donors (Lipinski definition) is 0. The number of hydrogen-bond acceptors (Lipinski definition) is 2. The summed E-state index contributed by atoms with van der Waals surface area (Å²) >= 11 is 6.79. The van der Waals surface area contributed by atoms with Crippen LogP contribution in [0.2, 0.25) is 0 Å². The maximum absolute atomic E-state index is 12.6. The van der Waals surface area contributed by atoms with Crippen LogP contribution < -0.4 is 9.64 Å². The zero-order chi connectivity index (χ0) is 14.7. The van der Waals surface area contributed by atoms with Crippen molar-refractivity contribution in [1.82, 2.24) is 0 Å². The topological polar surface area (TPSA) is 29.5 Å². The van der Waals surface area contributed by atoms with Gasteiger partial charge in [-0.05, 0) is 46.3 Å². The molecule has 20 heavy (non-hydrogen) atoms. The van der Waals surface area contributed by atoms with Gasteiger partial charge in [0, 0.05) is 27.7 Å². The van der Waals surface area contributed by atoms with Gasteiger partial charge >= 0.3 is 0 Å². The van der Waals surface area contributed by atoms with Crippen molar-refractivity contribution < 1.29 is 9.53 Å². The highest BCUT2D eigenvalue weighted by atomic mass is 79.9. The molecule has 0 fully saturated rings. The van der Waals surface area contributed by atoms with E-state index in [9.17, 15) is 4.79 Å². The van der Waals surface area contributed by atoms with Crippen molar-refractivity contribution in [2.45, 2.75) is 0 Å². The molecule has 0 radical (unpaired) electrons. The molecule has 0 saturated heterocycles. The normalized spacial score (nSPS) is 10.2. The lowest BCUT2D eigenvalue weighted by Crippen LogP contribution is -2.26. The molecule has 3 nitrogen and oxygen atoms in total. The molecule has 104 valence electrons. The molecule has 0 heterocycles. The van der Waals surface area contributed by atoms with Crippen LogP contribution in [0.1, 0.15) is 10.4 Å². The molecule has 0 atom stereocenters. The van der Waals surface area contributed by atoms with Gasteiger partial charge in [-0.15, -0.1) is 0 Å². The minimum atomic E-state index is -0.0913. The number of benzene rings is 2. The third-order valence-corrected chi connectivity index (χ3v) is 4.09. The van der Waals surface area contributed by atoms with E-state index in [1.807, 2.05) is 36.4 Å². The summed E-state index contributed by atoms with van der Waals surface area (Å²) in [6.07, 6.45) is 0. The van der Waals surface area contributed by atoms with E-state index in [-0.39, 0.29) is 5.91 Å². The van der Waals surface area contributed by atoms with Crippen LogP contribution in [0.3, 0.4) is 0 Å². The van der Waals surface area contributed by atoms with Crippen molar-refractivity contribution in [3.8, 4) is 5.75 Å². The standard InChI is InChI=1S/C15H13Br2NO2/c1-18(11-4-3-5-12(9-11)20-2)15(19)13-8-10(16)6-7-14(13)17/h3-9H,1-2H3. The van der Waals surface area contributed by atoms with E-state index in [2.05, 4.69) is 31.9 Å². The molecular formula is C15H13Br2NO2. The van der Waals surface area contributed by atoms with Gasteiger partial charge in [-0.2, -0.15) is 0 Å². The van der Waals surface area contributed by atoms with Crippen LogP contribution in [0, 0.1) is 0 Å². The number of halogens is 2. The molecule has 0 spiro atoms. The SMILES string of the molecule is COc1cccc(N(C)C(=O)c2cc(Br)ccc2Br)c1. The monoisotopic (exact) mass is 397 g/mol. The van der Waals surface area contributed by atoms with Gasteiger partial charge in [0.15, 0.2) is 0 Å². The van der Waals surface area contributed by atoms with Crippen LogP contribution in [-0.4, -0.2) is 20.1 Å². The Kier molecular flexibility index (Phi) is 4.83. The van der Waals surface area contributed by atoms with Crippen molar-refractivity contribution >= 4 is 43.5 Å². The van der Waals surface area contributed by atoms with E-state index < -0.39 is 0 Å². The molecule has 2 aromatic carbocycles. The summed E-state index contributed by atoms with van der Waals surface area (Å²) in [5.74, 6) is 0.627. The Bertz CT molecular complexity index is 644. The van der Waals surface area contributed by atoms with Crippen LogP contribution in [0.5, 0.6) is 5.75 Å². The molecule has 0 aliphatic heterocycles. The highest BCUT2D eigenvalue weighted by Gasteiger charge is 2.17. The lowest BCUT2D eigenvalue weighted by atomic mass is 10.2. The molecule has 0 bridgehead atoms. The molecule has 2 aromatic rings. The molecular weight excluding hydrogens is 386 g/mol. The fourth-order valence-corrected chi connectivity index (χ4v) is 2.56. The number of carbonyl (C=O) groups excluding carboxylic acids is 1. The first-order chi connectivity index (χ1) is 9.52. The summed E-state index contributed by atoms with van der Waals surface area (Å²) in [5.41, 5.74) is 1.38. The Labute approximate surface area is 134 Å². The minimum Gasteiger partial charge on any atom is -0.497 e. The molecule has 0 N–H and O–H groups in total. The average Bonchev–Trinajstić information content (AvgIpc) is 2.48. The van der Waals surface area contributed by atoms with Crippen molar-refractivity contribution in [3.05, 3.63) is 57.0 Å². The third-order valence-electron chi connectivity index (χ3n) is 2.90. The van der Waals surface area contributed by atoms with Crippen molar-refractivity contribution in [2.75, 3.05) is 19.1 Å². The number of carbonyl (C=O) groups is 1. The zero-order valence-corrected chi connectivity index (χ0v) is 14.2. The van der Waals surface area contributed by atoms with Crippen LogP contribution in [0.4, 0.5) is 5.69 Å². The van der Waals surface area contributed by atoms with E-state index in [1.165, 1.54) is 0 Å². The largest absolute Gasteiger partial charge is 0.497 e. The first-order valence-corrected chi connectivity index (χ1v) is 7.48. The molecule has 0 saturated carbocycles. The summed E-state index contributed by atoms with van der Waals surface area (Å²) in [7, 11) is 3.34. The second-order valence-electron chi connectivity index (χ2n) is 4.19. The number of amides is 1. The Morgan fingerprint density at radius 3 is 2.60 bits per heavy atom. The van der Waals surface area contributed by atoms with E-state index in [0.717, 1.165) is 20.4 Å². The molecule has 0 unspecified atom stereocenters. The van der Waals surface area contributed by atoms with E-state index in [0.29, 0.717) is 5.56 Å². The Morgan fingerprint density at radius 1 is 1.15 bits per heavy atom. The predicted molar refractivity (Wildman–Crippen MR) is 87.6 cm³/mol. The van der Waals surface area contributed by atoms with E-state index in [1.54, 1.807) is 25.1 Å². The molecule has 1 amide bonds. The Balaban J connectivity index is 2.34. The van der Waals surface area contributed by atoms with Gasteiger partial charge in [-0.3, -0.25) is 4.79 Å². The van der Waals surface area contributed by atoms with Gasteiger partial charge in [0.1, 0.15) is 5.75 Å². The molecule has 5 heteroatoms. The van der Waals surface area contributed by atoms with Gasteiger partial charge in [-0.1, -0.05) is 22.0 Å². The summed E-state index contributed by atoms with van der Waals surface area (Å²) in [4.78, 5) is 14.1. The van der Waals surface area contributed by atoms with Crippen LogP contribution in [-0.2, 0) is 0 Å². The summed E-state index contributed by atoms with van der Waals surface area (Å²) in [6.45, 7) is 0. The van der Waals surface area contributed by atoms with Crippen molar-refractivity contribution in [3.63, 3.8) is 0 Å². The van der Waals surface area contributed by atoms with Gasteiger partial charge in [0.05, 0.1) is 12.7 Å². The van der Waals surface area contributed by atoms with Crippen molar-refractivity contribution in [2.24, 2.45) is 0 Å². The lowest BCUT2D eigenvalue weighted by Gasteiger charge is -2.19. The van der Waals surface area contributed by atoms with Gasteiger partial charge in [-0.25, -0.2) is 0 Å². The van der Waals surface area contributed by atoms with Gasteiger partial charge in [0.2, 0.25) is 0 Å². The molecule has 0 aliphatic rings. The number of anilines is 1. The zero-order valence-electron chi connectivity index (χ0n) is 11.1. The maximum Gasteiger partial charge on any atom is 0.259 e. The fourth-order valence-electron chi connectivity index (χ4n) is 1.78. The van der Waals surface area contributed by atoms with Crippen molar-refractivity contribution in [1.29, 1.82) is 0 Å². The number of methoxy groups -OCH3 is 1. The Hall–Kier alpha value is -1.33. The average molecular weight is 399 g/mol. The van der Waals surface area contributed by atoms with Crippen LogP contribution >= 0.6 is 31.9 Å². The quantitative estimate of drug-likeness (QED) is 0.761. The summed E-state index contributed by atoms with van der Waals surface area (Å²) in [5, 5.41) is 0. The van der Waals surface area contributed by atoms with Crippen LogP contribution in [0.15, 0.2) is 51.4 Å². The molecule has 0 aliphatic carbocycles. The number of nitrogens with zero attached hydrogens (tertiary/aromatic N) is 1. The fraction of sp³-hybridized carbons (Fsp3) is 0.133. The van der Waals surface area contributed by atoms with E-state index >= 15 is 0 Å². The third kappa shape index (κ3) is 3.22. The maximum atomic E-state index is 12.6. The second-order valence-corrected chi connectivity index (χ2v) is 5.96. The molecule has 2 rings (SSSR count). The Morgan fingerprint density at radius 2 is 1.90 bits per heavy atom. The summed E-state index contributed by atoms with van der Waals surface area (Å²) < 4.78 is 6.81. The van der Waals surface area contributed by atoms with E-state index in [4.69, 9.17) is 4.74 Å².